The van der Waals surface area contributed by atoms with Crippen LogP contribution < -0.4 is 9.08 Å². The van der Waals surface area contributed by atoms with E-state index in [4.69, 9.17) is 13.7 Å². The molecule has 1 atom stereocenters. The van der Waals surface area contributed by atoms with E-state index in [1.807, 2.05) is 61.7 Å². The fourth-order valence-corrected chi connectivity index (χ4v) is 3.16. The van der Waals surface area contributed by atoms with Crippen LogP contribution in [0.15, 0.2) is 54.6 Å². The first-order valence-electron chi connectivity index (χ1n) is 10.1. The molecule has 0 aliphatic carbocycles. The summed E-state index contributed by atoms with van der Waals surface area (Å²) in [6, 6.07) is 15.0. The molecule has 31 heavy (non-hydrogen) atoms. The van der Waals surface area contributed by atoms with Crippen molar-refractivity contribution in [3.05, 3.63) is 65.7 Å². The van der Waals surface area contributed by atoms with E-state index >= 15 is 0 Å². The van der Waals surface area contributed by atoms with Crippen LogP contribution in [0.5, 0.6) is 5.75 Å². The molecule has 6 nitrogen and oxygen atoms in total. The summed E-state index contributed by atoms with van der Waals surface area (Å²) in [7, 11) is 1.72. The van der Waals surface area contributed by atoms with Gasteiger partial charge in [-0.15, -0.1) is 0 Å². The summed E-state index contributed by atoms with van der Waals surface area (Å²) in [5.41, 5.74) is 2.59. The second kappa shape index (κ2) is 12.8. The maximum atomic E-state index is 12.5. The van der Waals surface area contributed by atoms with E-state index in [0.29, 0.717) is 19.6 Å². The standard InChI is InChI=1S/C24H29NO5S/c1-5-28-22(24(27)29-6-2)17-19-7-12-20(13-8-19)25(3)23(26)16-11-18-9-14-21(15-10-18)30-31-4/h7-16,22H,5-6,17H2,1-4H3/b16-11+. The van der Waals surface area contributed by atoms with Crippen LogP contribution in [0.25, 0.3) is 6.08 Å². The number of rotatable bonds is 11. The Labute approximate surface area is 188 Å². The maximum Gasteiger partial charge on any atom is 0.335 e. The van der Waals surface area contributed by atoms with Crippen molar-refractivity contribution >= 4 is 35.7 Å². The largest absolute Gasteiger partial charge is 0.464 e. The van der Waals surface area contributed by atoms with E-state index in [2.05, 4.69) is 0 Å². The molecule has 2 aromatic carbocycles. The Balaban J connectivity index is 1.99. The normalized spacial score (nSPS) is 11.9. The van der Waals surface area contributed by atoms with Crippen molar-refractivity contribution < 1.29 is 23.2 Å². The zero-order valence-electron chi connectivity index (χ0n) is 18.4. The Bertz CT molecular complexity index is 865. The van der Waals surface area contributed by atoms with Crippen LogP contribution in [0, 0.1) is 0 Å². The van der Waals surface area contributed by atoms with Crippen LogP contribution in [0.3, 0.4) is 0 Å². The molecule has 2 rings (SSSR count). The molecule has 0 fully saturated rings. The summed E-state index contributed by atoms with van der Waals surface area (Å²) >= 11 is 1.28. The number of nitrogens with zero attached hydrogens (tertiary/aromatic N) is 1. The van der Waals surface area contributed by atoms with Gasteiger partial charge in [-0.3, -0.25) is 4.79 Å². The lowest BCUT2D eigenvalue weighted by Crippen LogP contribution is -2.29. The second-order valence-electron chi connectivity index (χ2n) is 6.62. The molecule has 0 aromatic heterocycles. The van der Waals surface area contributed by atoms with Gasteiger partial charge in [0.25, 0.3) is 5.91 Å². The first-order valence-corrected chi connectivity index (χ1v) is 11.3. The number of hydrogen-bond donors (Lipinski definition) is 0. The third kappa shape index (κ3) is 7.77. The Morgan fingerprint density at radius 3 is 2.29 bits per heavy atom. The maximum absolute atomic E-state index is 12.5. The number of carbonyl (C=O) groups is 2. The van der Waals surface area contributed by atoms with Gasteiger partial charge in [-0.05, 0) is 55.3 Å². The summed E-state index contributed by atoms with van der Waals surface area (Å²) in [6.07, 6.45) is 4.94. The molecule has 0 spiro atoms. The van der Waals surface area contributed by atoms with Gasteiger partial charge in [0, 0.05) is 38.1 Å². The van der Waals surface area contributed by atoms with Crippen molar-refractivity contribution in [2.75, 3.05) is 31.4 Å². The number of anilines is 1. The molecule has 0 saturated carbocycles. The van der Waals surface area contributed by atoms with E-state index in [0.717, 1.165) is 22.6 Å². The molecular formula is C24H29NO5S. The number of ether oxygens (including phenoxy) is 2. The van der Waals surface area contributed by atoms with Gasteiger partial charge in [-0.25, -0.2) is 4.79 Å². The number of carbonyl (C=O) groups excluding carboxylic acids is 2. The van der Waals surface area contributed by atoms with Gasteiger partial charge in [-0.2, -0.15) is 0 Å². The Hall–Kier alpha value is -2.77. The fourth-order valence-electron chi connectivity index (χ4n) is 2.85. The highest BCUT2D eigenvalue weighted by molar-refractivity contribution is 7.94. The number of likely N-dealkylation sites (N-methyl/N-ethyl adjacent to an activating group) is 1. The van der Waals surface area contributed by atoms with Crippen molar-refractivity contribution in [1.82, 2.24) is 0 Å². The van der Waals surface area contributed by atoms with E-state index in [9.17, 15) is 9.59 Å². The highest BCUT2D eigenvalue weighted by Gasteiger charge is 2.20. The highest BCUT2D eigenvalue weighted by atomic mass is 32.2. The van der Waals surface area contributed by atoms with Crippen LogP contribution in [0.4, 0.5) is 5.69 Å². The summed E-state index contributed by atoms with van der Waals surface area (Å²) < 4.78 is 15.9. The minimum atomic E-state index is -0.634. The lowest BCUT2D eigenvalue weighted by atomic mass is 10.1. The highest BCUT2D eigenvalue weighted by Crippen LogP contribution is 2.18. The average Bonchev–Trinajstić information content (AvgIpc) is 2.78. The van der Waals surface area contributed by atoms with Gasteiger partial charge in [-0.1, -0.05) is 24.3 Å². The molecular weight excluding hydrogens is 414 g/mol. The molecule has 0 bridgehead atoms. The molecule has 7 heteroatoms. The van der Waals surface area contributed by atoms with Crippen molar-refractivity contribution in [1.29, 1.82) is 0 Å². The Kier molecular flexibility index (Phi) is 10.1. The Morgan fingerprint density at radius 2 is 1.71 bits per heavy atom. The van der Waals surface area contributed by atoms with Crippen molar-refractivity contribution in [2.45, 2.75) is 26.4 Å². The molecule has 1 amide bonds. The topological polar surface area (TPSA) is 65.1 Å². The van der Waals surface area contributed by atoms with Crippen LogP contribution in [-0.2, 0) is 25.5 Å². The number of hydrogen-bond acceptors (Lipinski definition) is 6. The summed E-state index contributed by atoms with van der Waals surface area (Å²) in [6.45, 7) is 4.36. The predicted octanol–water partition coefficient (Wildman–Crippen LogP) is 4.53. The minimum Gasteiger partial charge on any atom is -0.464 e. The molecule has 0 aliphatic rings. The van der Waals surface area contributed by atoms with Crippen LogP contribution in [-0.4, -0.2) is 44.5 Å². The van der Waals surface area contributed by atoms with Gasteiger partial charge in [0.05, 0.1) is 18.6 Å². The van der Waals surface area contributed by atoms with E-state index in [1.54, 1.807) is 24.9 Å². The van der Waals surface area contributed by atoms with E-state index < -0.39 is 6.10 Å². The lowest BCUT2D eigenvalue weighted by Gasteiger charge is -2.18. The number of esters is 1. The van der Waals surface area contributed by atoms with Gasteiger partial charge in [0.2, 0.25) is 0 Å². The first kappa shape index (κ1) is 24.5. The van der Waals surface area contributed by atoms with Crippen LogP contribution in [0.2, 0.25) is 0 Å². The molecule has 0 N–H and O–H groups in total. The number of amides is 1. The zero-order chi connectivity index (χ0) is 22.6. The smallest absolute Gasteiger partial charge is 0.335 e. The van der Waals surface area contributed by atoms with Crippen LogP contribution >= 0.6 is 12.0 Å². The molecule has 166 valence electrons. The van der Waals surface area contributed by atoms with Crippen LogP contribution in [0.1, 0.15) is 25.0 Å². The van der Waals surface area contributed by atoms with E-state index in [-0.39, 0.29) is 11.9 Å². The first-order chi connectivity index (χ1) is 15.0. The van der Waals surface area contributed by atoms with Crippen molar-refractivity contribution in [2.24, 2.45) is 0 Å². The van der Waals surface area contributed by atoms with Gasteiger partial charge in [0.15, 0.2) is 6.10 Å². The molecule has 1 unspecified atom stereocenters. The predicted molar refractivity (Wildman–Crippen MR) is 125 cm³/mol. The molecule has 0 heterocycles. The third-order valence-corrected chi connectivity index (χ3v) is 4.83. The third-order valence-electron chi connectivity index (χ3n) is 4.47. The lowest BCUT2D eigenvalue weighted by molar-refractivity contribution is -0.156. The molecule has 2 aromatic rings. The average molecular weight is 444 g/mol. The zero-order valence-corrected chi connectivity index (χ0v) is 19.2. The Morgan fingerprint density at radius 1 is 1.03 bits per heavy atom. The molecule has 0 saturated heterocycles. The monoisotopic (exact) mass is 443 g/mol. The SMILES string of the molecule is CCOC(=O)C(Cc1ccc(N(C)C(=O)/C=C/c2ccc(OSC)cc2)cc1)OCC. The quantitative estimate of drug-likeness (QED) is 0.289. The molecule has 0 radical (unpaired) electrons. The molecule has 0 aliphatic heterocycles. The summed E-state index contributed by atoms with van der Waals surface area (Å²) in [5, 5.41) is 0. The second-order valence-corrected chi connectivity index (χ2v) is 7.12. The van der Waals surface area contributed by atoms with Crippen molar-refractivity contribution in [3.63, 3.8) is 0 Å². The van der Waals surface area contributed by atoms with E-state index in [1.165, 1.54) is 18.1 Å². The van der Waals surface area contributed by atoms with Gasteiger partial charge >= 0.3 is 5.97 Å². The fraction of sp³-hybridized carbons (Fsp3) is 0.333. The van der Waals surface area contributed by atoms with Gasteiger partial charge in [0.1, 0.15) is 5.75 Å². The number of benzene rings is 2. The van der Waals surface area contributed by atoms with Gasteiger partial charge < -0.3 is 18.6 Å². The minimum absolute atomic E-state index is 0.143. The summed E-state index contributed by atoms with van der Waals surface area (Å²) in [4.78, 5) is 26.1. The summed E-state index contributed by atoms with van der Waals surface area (Å²) in [5.74, 6) is 0.262. The van der Waals surface area contributed by atoms with Crippen molar-refractivity contribution in [3.8, 4) is 5.75 Å².